The first kappa shape index (κ1) is 17.5. The fourth-order valence-corrected chi connectivity index (χ4v) is 2.73. The zero-order valence-corrected chi connectivity index (χ0v) is 14.6. The van der Waals surface area contributed by atoms with Crippen molar-refractivity contribution >= 4 is 23.8 Å². The van der Waals surface area contributed by atoms with Crippen molar-refractivity contribution in [3.63, 3.8) is 0 Å². The molecule has 0 fully saturated rings. The number of nitrogens with zero attached hydrogens (tertiary/aromatic N) is 3. The molecule has 9 heteroatoms. The van der Waals surface area contributed by atoms with Crippen molar-refractivity contribution < 1.29 is 9.72 Å². The van der Waals surface area contributed by atoms with Crippen LogP contribution in [0.2, 0.25) is 0 Å². The topological polar surface area (TPSA) is 106 Å². The lowest BCUT2D eigenvalue weighted by Crippen LogP contribution is -2.24. The highest BCUT2D eigenvalue weighted by Gasteiger charge is 2.12. The summed E-state index contributed by atoms with van der Waals surface area (Å²) < 4.78 is 2.17. The summed E-state index contributed by atoms with van der Waals surface area (Å²) in [5.74, 6) is 0.195. The minimum atomic E-state index is -0.513. The van der Waals surface area contributed by atoms with Gasteiger partial charge in [0.05, 0.1) is 11.5 Å². The summed E-state index contributed by atoms with van der Waals surface area (Å²) >= 11 is 5.28. The summed E-state index contributed by atoms with van der Waals surface area (Å²) in [4.78, 5) is 22.4. The first-order valence-electron chi connectivity index (χ1n) is 7.71. The molecule has 8 nitrogen and oxygen atoms in total. The van der Waals surface area contributed by atoms with E-state index in [1.807, 2.05) is 31.2 Å². The molecule has 0 saturated carbocycles. The summed E-state index contributed by atoms with van der Waals surface area (Å²) in [6.07, 6.45) is 0. The minimum absolute atomic E-state index is 0.0677. The van der Waals surface area contributed by atoms with Gasteiger partial charge in [0, 0.05) is 23.4 Å². The largest absolute Gasteiger partial charge is 0.345 e. The molecule has 2 N–H and O–H groups in total. The van der Waals surface area contributed by atoms with Crippen LogP contribution in [0.1, 0.15) is 21.7 Å². The normalized spacial score (nSPS) is 10.5. The number of rotatable bonds is 5. The summed E-state index contributed by atoms with van der Waals surface area (Å²) in [5, 5.41) is 20.3. The van der Waals surface area contributed by atoms with Gasteiger partial charge in [-0.15, -0.1) is 0 Å². The standard InChI is InChI=1S/C17H15N5O3S/c1-11-3-2-4-14(9-11)21-15(19-20-17(21)26)10-18-16(23)12-5-7-13(8-6-12)22(24)25/h2-9H,10H2,1H3,(H,18,23)(H,20,26). The summed E-state index contributed by atoms with van der Waals surface area (Å²) in [7, 11) is 0. The van der Waals surface area contributed by atoms with Gasteiger partial charge in [0.2, 0.25) is 0 Å². The second-order valence-corrected chi connectivity index (χ2v) is 5.99. The van der Waals surface area contributed by atoms with Gasteiger partial charge in [-0.3, -0.25) is 24.6 Å². The first-order chi connectivity index (χ1) is 12.5. The quantitative estimate of drug-likeness (QED) is 0.408. The molecule has 3 aromatic rings. The second kappa shape index (κ2) is 7.28. The Morgan fingerprint density at radius 3 is 2.69 bits per heavy atom. The number of nitro groups is 1. The number of H-pyrrole nitrogens is 1. The fraction of sp³-hybridized carbons (Fsp3) is 0.118. The highest BCUT2D eigenvalue weighted by Crippen LogP contribution is 2.14. The predicted octanol–water partition coefficient (Wildman–Crippen LogP) is 3.08. The molecule has 0 aliphatic rings. The zero-order valence-electron chi connectivity index (χ0n) is 13.8. The Morgan fingerprint density at radius 2 is 2.04 bits per heavy atom. The van der Waals surface area contributed by atoms with E-state index in [1.165, 1.54) is 24.3 Å². The molecule has 1 amide bonds. The average Bonchev–Trinajstić information content (AvgIpc) is 3.00. The molecule has 0 aliphatic heterocycles. The molecular weight excluding hydrogens is 354 g/mol. The van der Waals surface area contributed by atoms with Crippen LogP contribution in [-0.2, 0) is 6.54 Å². The van der Waals surface area contributed by atoms with E-state index in [0.717, 1.165) is 11.3 Å². The van der Waals surface area contributed by atoms with Crippen molar-refractivity contribution in [3.05, 3.63) is 80.4 Å². The van der Waals surface area contributed by atoms with Gasteiger partial charge >= 0.3 is 0 Å². The third-order valence-corrected chi connectivity index (χ3v) is 4.02. The monoisotopic (exact) mass is 369 g/mol. The third kappa shape index (κ3) is 3.67. The molecule has 132 valence electrons. The van der Waals surface area contributed by atoms with Crippen molar-refractivity contribution in [2.45, 2.75) is 13.5 Å². The molecule has 0 atom stereocenters. The number of aromatic nitrogens is 3. The second-order valence-electron chi connectivity index (χ2n) is 5.61. The van der Waals surface area contributed by atoms with Crippen LogP contribution in [0.15, 0.2) is 48.5 Å². The summed E-state index contributed by atoms with van der Waals surface area (Å²) in [6, 6.07) is 13.2. The Labute approximate surface area is 153 Å². The van der Waals surface area contributed by atoms with Crippen LogP contribution < -0.4 is 5.32 Å². The zero-order chi connectivity index (χ0) is 18.7. The number of benzene rings is 2. The fourth-order valence-electron chi connectivity index (χ4n) is 2.48. The number of amides is 1. The number of carbonyl (C=O) groups excluding carboxylic acids is 1. The Hall–Kier alpha value is -3.33. The van der Waals surface area contributed by atoms with Crippen LogP contribution in [-0.4, -0.2) is 25.6 Å². The van der Waals surface area contributed by atoms with Gasteiger partial charge in [0.1, 0.15) is 0 Å². The Bertz CT molecular complexity index is 1020. The maximum absolute atomic E-state index is 12.3. The molecule has 0 spiro atoms. The highest BCUT2D eigenvalue weighted by atomic mass is 32.1. The van der Waals surface area contributed by atoms with E-state index >= 15 is 0 Å². The molecule has 1 aromatic heterocycles. The molecule has 0 saturated heterocycles. The number of hydrogen-bond acceptors (Lipinski definition) is 5. The maximum Gasteiger partial charge on any atom is 0.269 e. The van der Waals surface area contributed by atoms with Crippen LogP contribution >= 0.6 is 12.2 Å². The van der Waals surface area contributed by atoms with Crippen LogP contribution in [0.3, 0.4) is 0 Å². The molecule has 0 bridgehead atoms. The summed E-state index contributed by atoms with van der Waals surface area (Å²) in [5.41, 5.74) is 2.18. The predicted molar refractivity (Wildman–Crippen MR) is 97.8 cm³/mol. The van der Waals surface area contributed by atoms with E-state index in [1.54, 1.807) is 4.57 Å². The van der Waals surface area contributed by atoms with Gasteiger partial charge in [-0.05, 0) is 49.0 Å². The van der Waals surface area contributed by atoms with Crippen LogP contribution in [0.25, 0.3) is 5.69 Å². The van der Waals surface area contributed by atoms with E-state index < -0.39 is 4.92 Å². The number of nitro benzene ring substituents is 1. The molecule has 3 rings (SSSR count). The lowest BCUT2D eigenvalue weighted by molar-refractivity contribution is -0.384. The van der Waals surface area contributed by atoms with Crippen molar-refractivity contribution in [3.8, 4) is 5.69 Å². The van der Waals surface area contributed by atoms with Crippen molar-refractivity contribution in [1.29, 1.82) is 0 Å². The smallest absolute Gasteiger partial charge is 0.269 e. The van der Waals surface area contributed by atoms with Gasteiger partial charge in [0.25, 0.3) is 11.6 Å². The number of non-ortho nitro benzene ring substituents is 1. The molecular formula is C17H15N5O3S. The Balaban J connectivity index is 1.77. The van der Waals surface area contributed by atoms with Crippen LogP contribution in [0.5, 0.6) is 0 Å². The van der Waals surface area contributed by atoms with E-state index in [2.05, 4.69) is 15.5 Å². The van der Waals surface area contributed by atoms with Gasteiger partial charge in [-0.25, -0.2) is 0 Å². The van der Waals surface area contributed by atoms with Crippen molar-refractivity contribution in [2.75, 3.05) is 0 Å². The van der Waals surface area contributed by atoms with Crippen LogP contribution in [0, 0.1) is 21.8 Å². The van der Waals surface area contributed by atoms with Gasteiger partial charge in [-0.1, -0.05) is 12.1 Å². The lowest BCUT2D eigenvalue weighted by atomic mass is 10.2. The number of carbonyl (C=O) groups is 1. The van der Waals surface area contributed by atoms with Gasteiger partial charge in [-0.2, -0.15) is 5.10 Å². The van der Waals surface area contributed by atoms with Crippen molar-refractivity contribution in [2.24, 2.45) is 0 Å². The number of aryl methyl sites for hydroxylation is 1. The molecule has 0 unspecified atom stereocenters. The summed E-state index contributed by atoms with van der Waals surface area (Å²) in [6.45, 7) is 2.13. The molecule has 2 aromatic carbocycles. The molecule has 26 heavy (non-hydrogen) atoms. The Morgan fingerprint density at radius 1 is 1.31 bits per heavy atom. The average molecular weight is 369 g/mol. The lowest BCUT2D eigenvalue weighted by Gasteiger charge is -2.09. The van der Waals surface area contributed by atoms with Gasteiger partial charge in [0.15, 0.2) is 10.6 Å². The van der Waals surface area contributed by atoms with E-state index in [4.69, 9.17) is 12.2 Å². The maximum atomic E-state index is 12.3. The number of aromatic amines is 1. The van der Waals surface area contributed by atoms with E-state index in [-0.39, 0.29) is 18.1 Å². The van der Waals surface area contributed by atoms with E-state index in [9.17, 15) is 14.9 Å². The number of nitrogens with one attached hydrogen (secondary N) is 2. The van der Waals surface area contributed by atoms with E-state index in [0.29, 0.717) is 16.2 Å². The molecule has 0 aliphatic carbocycles. The van der Waals surface area contributed by atoms with Crippen molar-refractivity contribution in [1.82, 2.24) is 20.1 Å². The number of hydrogen-bond donors (Lipinski definition) is 2. The Kier molecular flexibility index (Phi) is 4.90. The minimum Gasteiger partial charge on any atom is -0.345 e. The highest BCUT2D eigenvalue weighted by molar-refractivity contribution is 7.71. The van der Waals surface area contributed by atoms with Gasteiger partial charge < -0.3 is 5.32 Å². The third-order valence-electron chi connectivity index (χ3n) is 3.75. The SMILES string of the molecule is Cc1cccc(-n2c(CNC(=O)c3ccc([N+](=O)[O-])cc3)n[nH]c2=S)c1. The van der Waals surface area contributed by atoms with Crippen LogP contribution in [0.4, 0.5) is 5.69 Å². The first-order valence-corrected chi connectivity index (χ1v) is 8.12. The molecule has 0 radical (unpaired) electrons. The molecule has 1 heterocycles.